The summed E-state index contributed by atoms with van der Waals surface area (Å²) in [7, 11) is 1.62. The van der Waals surface area contributed by atoms with Crippen LogP contribution in [0.15, 0.2) is 46.9 Å². The Hall–Kier alpha value is -2.39. The monoisotopic (exact) mass is 375 g/mol. The van der Waals surface area contributed by atoms with Gasteiger partial charge in [0.15, 0.2) is 0 Å². The molecule has 9 heteroatoms. The lowest BCUT2D eigenvalue weighted by Gasteiger charge is -2.06. The van der Waals surface area contributed by atoms with Crippen LogP contribution in [0.5, 0.6) is 5.75 Å². The van der Waals surface area contributed by atoms with Crippen LogP contribution in [0.2, 0.25) is 0 Å². The van der Waals surface area contributed by atoms with Crippen molar-refractivity contribution in [3.05, 3.63) is 46.7 Å². The fraction of sp³-hybridized carbons (Fsp3) is 0.250. The van der Waals surface area contributed by atoms with Crippen molar-refractivity contribution in [2.45, 2.75) is 11.6 Å². The molecule has 25 heavy (non-hydrogen) atoms. The molecule has 0 spiro atoms. The molecule has 0 saturated carbocycles. The minimum Gasteiger partial charge on any atom is -0.497 e. The molecule has 130 valence electrons. The fourth-order valence-electron chi connectivity index (χ4n) is 2.12. The normalized spacial score (nSPS) is 10.6. The van der Waals surface area contributed by atoms with Crippen LogP contribution in [-0.2, 0) is 11.2 Å². The number of nitrogens with one attached hydrogen (secondary N) is 1. The Labute approximate surface area is 153 Å². The molecule has 1 amide bonds. The number of carbonyl (C=O) groups is 1. The number of nitrogens with zero attached hydrogens (tertiary/aromatic N) is 4. The summed E-state index contributed by atoms with van der Waals surface area (Å²) in [6, 6.07) is 11.5. The van der Waals surface area contributed by atoms with Gasteiger partial charge in [0, 0.05) is 11.4 Å². The molecule has 0 saturated heterocycles. The topological polar surface area (TPSA) is 81.9 Å². The van der Waals surface area contributed by atoms with Gasteiger partial charge in [0.05, 0.1) is 18.6 Å². The van der Waals surface area contributed by atoms with E-state index < -0.39 is 0 Å². The Bertz CT molecular complexity index is 802. The molecular weight excluding hydrogens is 358 g/mol. The van der Waals surface area contributed by atoms with Crippen LogP contribution >= 0.6 is 23.1 Å². The molecule has 1 aromatic carbocycles. The second-order valence-corrected chi connectivity index (χ2v) is 7.01. The third-order valence-corrected chi connectivity index (χ3v) is 5.22. The van der Waals surface area contributed by atoms with E-state index in [2.05, 4.69) is 26.9 Å². The largest absolute Gasteiger partial charge is 0.497 e. The maximum atomic E-state index is 12.0. The molecule has 2 aromatic heterocycles. The molecule has 0 atom stereocenters. The Morgan fingerprint density at radius 2 is 2.16 bits per heavy atom. The zero-order valence-corrected chi connectivity index (χ0v) is 15.2. The lowest BCUT2D eigenvalue weighted by Crippen LogP contribution is -2.27. The van der Waals surface area contributed by atoms with E-state index in [-0.39, 0.29) is 11.7 Å². The Kier molecular flexibility index (Phi) is 6.02. The van der Waals surface area contributed by atoms with Gasteiger partial charge in [-0.05, 0) is 52.6 Å². The Balaban J connectivity index is 1.51. The lowest BCUT2D eigenvalue weighted by atomic mass is 10.3. The zero-order valence-electron chi connectivity index (χ0n) is 13.6. The van der Waals surface area contributed by atoms with Gasteiger partial charge in [-0.15, -0.1) is 16.4 Å². The number of thioether (sulfide) groups is 1. The van der Waals surface area contributed by atoms with E-state index in [0.29, 0.717) is 11.7 Å². The van der Waals surface area contributed by atoms with Gasteiger partial charge in [-0.3, -0.25) is 4.79 Å². The van der Waals surface area contributed by atoms with Gasteiger partial charge < -0.3 is 10.1 Å². The predicted octanol–water partition coefficient (Wildman–Crippen LogP) is 2.18. The summed E-state index contributed by atoms with van der Waals surface area (Å²) in [5, 5.41) is 17.2. The average molecular weight is 375 g/mol. The van der Waals surface area contributed by atoms with Crippen LogP contribution in [0.4, 0.5) is 0 Å². The number of ether oxygens (including phenoxy) is 1. The molecule has 2 heterocycles. The van der Waals surface area contributed by atoms with Crippen molar-refractivity contribution in [3.8, 4) is 11.4 Å². The van der Waals surface area contributed by atoms with Crippen molar-refractivity contribution in [2.75, 3.05) is 19.4 Å². The van der Waals surface area contributed by atoms with Crippen LogP contribution in [0.25, 0.3) is 5.69 Å². The maximum Gasteiger partial charge on any atom is 0.230 e. The molecule has 0 bridgehead atoms. The Morgan fingerprint density at radius 3 is 2.88 bits per heavy atom. The third-order valence-electron chi connectivity index (χ3n) is 3.36. The molecule has 0 unspecified atom stereocenters. The van der Waals surface area contributed by atoms with E-state index in [9.17, 15) is 4.79 Å². The number of hydrogen-bond acceptors (Lipinski definition) is 7. The van der Waals surface area contributed by atoms with Crippen LogP contribution in [0, 0.1) is 0 Å². The second kappa shape index (κ2) is 8.63. The van der Waals surface area contributed by atoms with Gasteiger partial charge in [-0.2, -0.15) is 4.68 Å². The van der Waals surface area contributed by atoms with Crippen LogP contribution < -0.4 is 10.1 Å². The number of rotatable bonds is 8. The van der Waals surface area contributed by atoms with E-state index in [0.717, 1.165) is 17.9 Å². The fourth-order valence-corrected chi connectivity index (χ4v) is 3.55. The molecule has 1 N–H and O–H groups in total. The van der Waals surface area contributed by atoms with Crippen LogP contribution in [0.1, 0.15) is 4.88 Å². The number of methoxy groups -OCH3 is 1. The molecule has 0 radical (unpaired) electrons. The Morgan fingerprint density at radius 1 is 1.32 bits per heavy atom. The highest BCUT2D eigenvalue weighted by atomic mass is 32.2. The van der Waals surface area contributed by atoms with E-state index in [1.807, 2.05) is 35.7 Å². The maximum absolute atomic E-state index is 12.0. The van der Waals surface area contributed by atoms with Gasteiger partial charge in [-0.1, -0.05) is 17.8 Å². The molecule has 3 aromatic rings. The van der Waals surface area contributed by atoms with Gasteiger partial charge >= 0.3 is 0 Å². The highest BCUT2D eigenvalue weighted by Gasteiger charge is 2.11. The molecule has 0 aliphatic heterocycles. The summed E-state index contributed by atoms with van der Waals surface area (Å²) in [5.41, 5.74) is 0.811. The first-order chi connectivity index (χ1) is 12.3. The van der Waals surface area contributed by atoms with Gasteiger partial charge in [0.2, 0.25) is 11.1 Å². The van der Waals surface area contributed by atoms with Crippen LogP contribution in [-0.4, -0.2) is 45.5 Å². The standard InChI is InChI=1S/C16H17N5O2S2/c1-23-13-6-4-12(5-7-13)21-16(18-19-20-21)25-11-15(22)17-9-8-14-3-2-10-24-14/h2-7,10H,8-9,11H2,1H3,(H,17,22). The first-order valence-electron chi connectivity index (χ1n) is 7.61. The first-order valence-corrected chi connectivity index (χ1v) is 9.47. The van der Waals surface area contributed by atoms with Crippen molar-refractivity contribution in [1.82, 2.24) is 25.5 Å². The molecule has 7 nitrogen and oxygen atoms in total. The van der Waals surface area contributed by atoms with Crippen molar-refractivity contribution in [2.24, 2.45) is 0 Å². The summed E-state index contributed by atoms with van der Waals surface area (Å²) in [6.45, 7) is 0.628. The number of hydrogen-bond donors (Lipinski definition) is 1. The number of carbonyl (C=O) groups excluding carboxylic acids is 1. The van der Waals surface area contributed by atoms with E-state index in [1.165, 1.54) is 16.6 Å². The van der Waals surface area contributed by atoms with Gasteiger partial charge in [0.1, 0.15) is 5.75 Å². The molecule has 0 aliphatic rings. The van der Waals surface area contributed by atoms with Crippen molar-refractivity contribution in [3.63, 3.8) is 0 Å². The number of tetrazole rings is 1. The van der Waals surface area contributed by atoms with E-state index >= 15 is 0 Å². The number of aromatic nitrogens is 4. The summed E-state index contributed by atoms with van der Waals surface area (Å²) in [6.07, 6.45) is 0.845. The molecular formula is C16H17N5O2S2. The quantitative estimate of drug-likeness (QED) is 0.608. The van der Waals surface area contributed by atoms with E-state index in [1.54, 1.807) is 23.1 Å². The SMILES string of the molecule is COc1ccc(-n2nnnc2SCC(=O)NCCc2cccs2)cc1. The average Bonchev–Trinajstić information content (AvgIpc) is 3.32. The summed E-state index contributed by atoms with van der Waals surface area (Å²) in [5.74, 6) is 0.989. The van der Waals surface area contributed by atoms with Crippen molar-refractivity contribution in [1.29, 1.82) is 0 Å². The van der Waals surface area contributed by atoms with E-state index in [4.69, 9.17) is 4.74 Å². The summed E-state index contributed by atoms with van der Waals surface area (Å²) < 4.78 is 6.74. The number of thiophene rings is 1. The molecule has 0 aliphatic carbocycles. The third kappa shape index (κ3) is 4.80. The predicted molar refractivity (Wildman–Crippen MR) is 97.5 cm³/mol. The minimum atomic E-state index is -0.0363. The number of benzene rings is 1. The lowest BCUT2D eigenvalue weighted by molar-refractivity contribution is -0.118. The summed E-state index contributed by atoms with van der Waals surface area (Å²) >= 11 is 2.99. The minimum absolute atomic E-state index is 0.0363. The number of amides is 1. The highest BCUT2D eigenvalue weighted by Crippen LogP contribution is 2.20. The van der Waals surface area contributed by atoms with Crippen LogP contribution in [0.3, 0.4) is 0 Å². The van der Waals surface area contributed by atoms with Crippen molar-refractivity contribution < 1.29 is 9.53 Å². The zero-order chi connectivity index (χ0) is 17.5. The molecule has 3 rings (SSSR count). The van der Waals surface area contributed by atoms with Gasteiger partial charge in [0.25, 0.3) is 0 Å². The summed E-state index contributed by atoms with van der Waals surface area (Å²) in [4.78, 5) is 13.2. The van der Waals surface area contributed by atoms with Gasteiger partial charge in [-0.25, -0.2) is 0 Å². The highest BCUT2D eigenvalue weighted by molar-refractivity contribution is 7.99. The molecule has 0 fully saturated rings. The second-order valence-electron chi connectivity index (χ2n) is 5.04. The van der Waals surface area contributed by atoms with Crippen molar-refractivity contribution >= 4 is 29.0 Å². The first kappa shape index (κ1) is 17.4. The smallest absolute Gasteiger partial charge is 0.230 e.